The van der Waals surface area contributed by atoms with Gasteiger partial charge in [-0.1, -0.05) is 11.6 Å². The van der Waals surface area contributed by atoms with Gasteiger partial charge in [-0.05, 0) is 43.7 Å². The lowest BCUT2D eigenvalue weighted by Gasteiger charge is -2.38. The highest BCUT2D eigenvalue weighted by Gasteiger charge is 2.44. The minimum atomic E-state index is -0.433. The van der Waals surface area contributed by atoms with Gasteiger partial charge in [0, 0.05) is 49.5 Å². The quantitative estimate of drug-likeness (QED) is 0.694. The standard InChI is InChI=1S/C21H23ClN6O2/c1-13(28-12-17(22)9-24-28)20(29)25-19-15-2-3-16(19)11-27(10-15)21(30)14-4-6-26-7-5-23-18(26)8-14/h4-9,12-13,15-16,19H,2-3,10-11H2,1H3,(H,25,29)/t13?,15-,16+,19?. The van der Waals surface area contributed by atoms with Crippen molar-refractivity contribution < 1.29 is 9.59 Å². The molecule has 2 aliphatic rings. The summed E-state index contributed by atoms with van der Waals surface area (Å²) < 4.78 is 3.46. The molecular weight excluding hydrogens is 404 g/mol. The first-order chi connectivity index (χ1) is 14.5. The average Bonchev–Trinajstić information content (AvgIpc) is 3.44. The number of carbonyl (C=O) groups is 2. The first-order valence-corrected chi connectivity index (χ1v) is 10.6. The SMILES string of the molecule is CC(C(=O)NC1[C@@H]2CC[C@H]1CN(C(=O)c1ccn3ccnc3c1)C2)n1cc(Cl)cn1. The summed E-state index contributed by atoms with van der Waals surface area (Å²) >= 11 is 5.92. The van der Waals surface area contributed by atoms with Gasteiger partial charge in [-0.3, -0.25) is 14.3 Å². The number of aromatic nitrogens is 4. The first-order valence-electron chi connectivity index (χ1n) is 10.2. The zero-order valence-electron chi connectivity index (χ0n) is 16.6. The maximum absolute atomic E-state index is 13.1. The molecule has 2 amide bonds. The molecule has 0 spiro atoms. The minimum Gasteiger partial charge on any atom is -0.351 e. The molecule has 3 aromatic heterocycles. The number of fused-ring (bicyclic) bond motifs is 3. The van der Waals surface area contributed by atoms with E-state index in [1.54, 1.807) is 17.1 Å². The largest absolute Gasteiger partial charge is 0.351 e. The molecule has 0 aromatic carbocycles. The molecule has 1 saturated carbocycles. The van der Waals surface area contributed by atoms with Crippen molar-refractivity contribution in [2.75, 3.05) is 13.1 Å². The van der Waals surface area contributed by atoms with Crippen LogP contribution < -0.4 is 5.32 Å². The molecule has 8 nitrogen and oxygen atoms in total. The molecule has 4 heterocycles. The van der Waals surface area contributed by atoms with Crippen LogP contribution in [0.25, 0.3) is 5.65 Å². The van der Waals surface area contributed by atoms with Crippen LogP contribution in [-0.2, 0) is 4.79 Å². The summed E-state index contributed by atoms with van der Waals surface area (Å²) in [7, 11) is 0. The van der Waals surface area contributed by atoms with Crippen LogP contribution in [0.3, 0.4) is 0 Å². The first kappa shape index (κ1) is 19.1. The zero-order chi connectivity index (χ0) is 20.8. The fraction of sp³-hybridized carbons (Fsp3) is 0.429. The second-order valence-corrected chi connectivity index (χ2v) is 8.70. The molecule has 2 unspecified atom stereocenters. The Balaban J connectivity index is 1.26. The lowest BCUT2D eigenvalue weighted by molar-refractivity contribution is -0.125. The van der Waals surface area contributed by atoms with E-state index in [2.05, 4.69) is 15.4 Å². The fourth-order valence-corrected chi connectivity index (χ4v) is 4.93. The molecular formula is C21H23ClN6O2. The van der Waals surface area contributed by atoms with Crippen molar-refractivity contribution in [1.82, 2.24) is 29.4 Å². The number of piperidine rings is 1. The monoisotopic (exact) mass is 426 g/mol. The number of nitrogens with zero attached hydrogens (tertiary/aromatic N) is 5. The van der Waals surface area contributed by atoms with E-state index < -0.39 is 6.04 Å². The highest BCUT2D eigenvalue weighted by molar-refractivity contribution is 6.30. The molecule has 1 aliphatic carbocycles. The van der Waals surface area contributed by atoms with Crippen LogP contribution in [0, 0.1) is 11.8 Å². The maximum Gasteiger partial charge on any atom is 0.254 e. The lowest BCUT2D eigenvalue weighted by atomic mass is 9.91. The summed E-state index contributed by atoms with van der Waals surface area (Å²) in [6.07, 6.45) is 10.6. The van der Waals surface area contributed by atoms with Crippen LogP contribution in [0.15, 0.2) is 43.1 Å². The topological polar surface area (TPSA) is 84.5 Å². The van der Waals surface area contributed by atoms with Crippen molar-refractivity contribution in [2.24, 2.45) is 11.8 Å². The van der Waals surface area contributed by atoms with Gasteiger partial charge in [-0.2, -0.15) is 5.10 Å². The van der Waals surface area contributed by atoms with Gasteiger partial charge in [-0.25, -0.2) is 4.98 Å². The molecule has 30 heavy (non-hydrogen) atoms. The second kappa shape index (κ2) is 7.43. The molecule has 9 heteroatoms. The molecule has 0 radical (unpaired) electrons. The number of likely N-dealkylation sites (tertiary alicyclic amines) is 1. The van der Waals surface area contributed by atoms with Crippen LogP contribution in [0.2, 0.25) is 5.02 Å². The van der Waals surface area contributed by atoms with Crippen molar-refractivity contribution in [1.29, 1.82) is 0 Å². The molecule has 1 N–H and O–H groups in total. The normalized spacial score (nSPS) is 24.2. The van der Waals surface area contributed by atoms with E-state index in [0.717, 1.165) is 18.5 Å². The number of amides is 2. The van der Waals surface area contributed by atoms with Crippen LogP contribution in [0.4, 0.5) is 0 Å². The number of rotatable bonds is 4. The van der Waals surface area contributed by atoms with Crippen molar-refractivity contribution >= 4 is 29.1 Å². The van der Waals surface area contributed by atoms with Crippen LogP contribution in [0.1, 0.15) is 36.2 Å². The van der Waals surface area contributed by atoms with Crippen molar-refractivity contribution in [3.05, 3.63) is 53.7 Å². The summed E-state index contributed by atoms with van der Waals surface area (Å²) in [6.45, 7) is 3.12. The Labute approximate surface area is 178 Å². The summed E-state index contributed by atoms with van der Waals surface area (Å²) in [5.74, 6) is 0.489. The molecule has 156 valence electrons. The smallest absolute Gasteiger partial charge is 0.254 e. The highest BCUT2D eigenvalue weighted by atomic mass is 35.5. The van der Waals surface area contributed by atoms with E-state index >= 15 is 0 Å². The summed E-state index contributed by atoms with van der Waals surface area (Å²) in [4.78, 5) is 32.1. The zero-order valence-corrected chi connectivity index (χ0v) is 17.4. The van der Waals surface area contributed by atoms with E-state index in [1.165, 1.54) is 6.20 Å². The Morgan fingerprint density at radius 1 is 1.23 bits per heavy atom. The predicted octanol–water partition coefficient (Wildman–Crippen LogP) is 2.41. The molecule has 1 aliphatic heterocycles. The molecule has 1 saturated heterocycles. The van der Waals surface area contributed by atoms with Crippen LogP contribution in [0.5, 0.6) is 0 Å². The van der Waals surface area contributed by atoms with Crippen LogP contribution in [-0.4, -0.2) is 55.0 Å². The number of hydrogen-bond acceptors (Lipinski definition) is 4. The van der Waals surface area contributed by atoms with E-state index in [-0.39, 0.29) is 29.7 Å². The van der Waals surface area contributed by atoms with Gasteiger partial charge in [0.2, 0.25) is 5.91 Å². The molecule has 2 bridgehead atoms. The number of carbonyl (C=O) groups excluding carboxylic acids is 2. The number of pyridine rings is 1. The molecule has 3 aromatic rings. The van der Waals surface area contributed by atoms with Crippen molar-refractivity contribution in [3.8, 4) is 0 Å². The maximum atomic E-state index is 13.1. The fourth-order valence-electron chi connectivity index (χ4n) is 4.78. The van der Waals surface area contributed by atoms with Crippen molar-refractivity contribution in [3.63, 3.8) is 0 Å². The van der Waals surface area contributed by atoms with Gasteiger partial charge in [0.05, 0.1) is 11.2 Å². The van der Waals surface area contributed by atoms with E-state index in [4.69, 9.17) is 11.6 Å². The van der Waals surface area contributed by atoms with E-state index in [1.807, 2.05) is 40.8 Å². The highest BCUT2D eigenvalue weighted by Crippen LogP contribution is 2.37. The van der Waals surface area contributed by atoms with Gasteiger partial charge in [-0.15, -0.1) is 0 Å². The third kappa shape index (κ3) is 3.35. The average molecular weight is 427 g/mol. The van der Waals surface area contributed by atoms with Crippen molar-refractivity contribution in [2.45, 2.75) is 31.8 Å². The van der Waals surface area contributed by atoms with Gasteiger partial charge < -0.3 is 14.6 Å². The predicted molar refractivity (Wildman–Crippen MR) is 111 cm³/mol. The van der Waals surface area contributed by atoms with Gasteiger partial charge >= 0.3 is 0 Å². The molecule has 2 fully saturated rings. The second-order valence-electron chi connectivity index (χ2n) is 8.26. The summed E-state index contributed by atoms with van der Waals surface area (Å²) in [5, 5.41) is 7.86. The number of nitrogens with one attached hydrogen (secondary N) is 1. The van der Waals surface area contributed by atoms with Crippen LogP contribution >= 0.6 is 11.6 Å². The van der Waals surface area contributed by atoms with Gasteiger partial charge in [0.1, 0.15) is 11.7 Å². The number of imidazole rings is 1. The number of halogens is 1. The minimum absolute atomic E-state index is 0.0294. The molecule has 5 rings (SSSR count). The Morgan fingerprint density at radius 3 is 2.70 bits per heavy atom. The summed E-state index contributed by atoms with van der Waals surface area (Å²) in [6, 6.07) is 3.32. The summed E-state index contributed by atoms with van der Waals surface area (Å²) in [5.41, 5.74) is 1.42. The third-order valence-electron chi connectivity index (χ3n) is 6.42. The van der Waals surface area contributed by atoms with Gasteiger partial charge in [0.15, 0.2) is 0 Å². The Morgan fingerprint density at radius 2 is 2.00 bits per heavy atom. The molecule has 4 atom stereocenters. The Kier molecular flexibility index (Phi) is 4.73. The Bertz CT molecular complexity index is 1090. The van der Waals surface area contributed by atoms with Gasteiger partial charge in [0.25, 0.3) is 5.91 Å². The van der Waals surface area contributed by atoms with E-state index in [0.29, 0.717) is 23.7 Å². The third-order valence-corrected chi connectivity index (χ3v) is 6.62. The van der Waals surface area contributed by atoms with E-state index in [9.17, 15) is 9.59 Å². The Hall–Kier alpha value is -2.87. The lowest BCUT2D eigenvalue weighted by Crippen LogP contribution is -2.54. The number of hydrogen-bond donors (Lipinski definition) is 1.